The lowest BCUT2D eigenvalue weighted by Crippen LogP contribution is -2.18. The van der Waals surface area contributed by atoms with E-state index < -0.39 is 0 Å². The van der Waals surface area contributed by atoms with Gasteiger partial charge in [-0.3, -0.25) is 0 Å². The van der Waals surface area contributed by atoms with Crippen molar-refractivity contribution >= 4 is 11.4 Å². The van der Waals surface area contributed by atoms with E-state index in [2.05, 4.69) is 11.5 Å². The quantitative estimate of drug-likeness (QED) is 0.812. The number of aromatic hydroxyl groups is 1. The van der Waals surface area contributed by atoms with E-state index in [-0.39, 0.29) is 5.75 Å². The Hall–Kier alpha value is -2.22. The van der Waals surface area contributed by atoms with Crippen molar-refractivity contribution in [3.8, 4) is 5.75 Å². The lowest BCUT2D eigenvalue weighted by Gasteiger charge is -2.25. The minimum atomic E-state index is 0.273. The molecule has 0 unspecified atom stereocenters. The first-order chi connectivity index (χ1) is 8.66. The first kappa shape index (κ1) is 12.2. The molecule has 92 valence electrons. The fourth-order valence-electron chi connectivity index (χ4n) is 1.87. The maximum atomic E-state index is 9.59. The molecule has 2 aromatic carbocycles. The second kappa shape index (κ2) is 5.41. The molecular weight excluding hydrogens is 222 g/mol. The van der Waals surface area contributed by atoms with Gasteiger partial charge < -0.3 is 10.0 Å². The van der Waals surface area contributed by atoms with Gasteiger partial charge in [0.15, 0.2) is 0 Å². The minimum absolute atomic E-state index is 0.273. The molecule has 0 fully saturated rings. The highest BCUT2D eigenvalue weighted by molar-refractivity contribution is 5.65. The summed E-state index contributed by atoms with van der Waals surface area (Å²) < 4.78 is 0. The summed E-state index contributed by atoms with van der Waals surface area (Å²) in [5.41, 5.74) is 3.12. The van der Waals surface area contributed by atoms with Crippen molar-refractivity contribution in [2.45, 2.75) is 6.92 Å². The van der Waals surface area contributed by atoms with Crippen LogP contribution < -0.4 is 4.90 Å². The SMILES string of the molecule is C=C(C)CN(c1ccccc1)c1cccc(O)c1. The smallest absolute Gasteiger partial charge is 0.117 e. The minimum Gasteiger partial charge on any atom is -0.508 e. The average Bonchev–Trinajstić information content (AvgIpc) is 2.37. The zero-order chi connectivity index (χ0) is 13.0. The molecule has 0 bridgehead atoms. The topological polar surface area (TPSA) is 23.5 Å². The van der Waals surface area contributed by atoms with Crippen LogP contribution in [0.3, 0.4) is 0 Å². The predicted octanol–water partition coefficient (Wildman–Crippen LogP) is 4.11. The van der Waals surface area contributed by atoms with Gasteiger partial charge in [0.1, 0.15) is 5.75 Å². The molecular formula is C16H17NO. The van der Waals surface area contributed by atoms with Crippen LogP contribution in [-0.4, -0.2) is 11.7 Å². The highest BCUT2D eigenvalue weighted by atomic mass is 16.3. The van der Waals surface area contributed by atoms with E-state index in [0.717, 1.165) is 23.5 Å². The number of nitrogens with zero attached hydrogens (tertiary/aromatic N) is 1. The lowest BCUT2D eigenvalue weighted by molar-refractivity contribution is 0.475. The van der Waals surface area contributed by atoms with Gasteiger partial charge in [-0.25, -0.2) is 0 Å². The number of rotatable bonds is 4. The predicted molar refractivity (Wildman–Crippen MR) is 76.4 cm³/mol. The van der Waals surface area contributed by atoms with E-state index in [1.165, 1.54) is 0 Å². The van der Waals surface area contributed by atoms with Crippen molar-refractivity contribution in [2.75, 3.05) is 11.4 Å². The number of hydrogen-bond donors (Lipinski definition) is 1. The van der Waals surface area contributed by atoms with Crippen LogP contribution in [0.4, 0.5) is 11.4 Å². The lowest BCUT2D eigenvalue weighted by atomic mass is 10.2. The molecule has 2 aromatic rings. The van der Waals surface area contributed by atoms with Gasteiger partial charge in [0.05, 0.1) is 0 Å². The van der Waals surface area contributed by atoms with Gasteiger partial charge in [-0.15, -0.1) is 0 Å². The summed E-state index contributed by atoms with van der Waals surface area (Å²) in [6.07, 6.45) is 0. The summed E-state index contributed by atoms with van der Waals surface area (Å²) >= 11 is 0. The largest absolute Gasteiger partial charge is 0.508 e. The van der Waals surface area contributed by atoms with E-state index in [9.17, 15) is 5.11 Å². The first-order valence-electron chi connectivity index (χ1n) is 5.93. The molecule has 0 amide bonds. The molecule has 2 rings (SSSR count). The zero-order valence-electron chi connectivity index (χ0n) is 10.5. The molecule has 0 saturated carbocycles. The monoisotopic (exact) mass is 239 g/mol. The second-order valence-corrected chi connectivity index (χ2v) is 4.40. The fraction of sp³-hybridized carbons (Fsp3) is 0.125. The number of para-hydroxylation sites is 1. The van der Waals surface area contributed by atoms with Gasteiger partial charge in [0, 0.05) is 24.0 Å². The molecule has 2 heteroatoms. The highest BCUT2D eigenvalue weighted by Gasteiger charge is 2.09. The number of benzene rings is 2. The molecule has 0 atom stereocenters. The van der Waals surface area contributed by atoms with Gasteiger partial charge in [0.2, 0.25) is 0 Å². The van der Waals surface area contributed by atoms with Crippen molar-refractivity contribution in [1.29, 1.82) is 0 Å². The third kappa shape index (κ3) is 2.92. The van der Waals surface area contributed by atoms with E-state index in [0.29, 0.717) is 0 Å². The van der Waals surface area contributed by atoms with E-state index in [4.69, 9.17) is 0 Å². The Bertz CT molecular complexity index is 534. The molecule has 0 aliphatic carbocycles. The number of anilines is 2. The molecule has 2 nitrogen and oxygen atoms in total. The summed E-state index contributed by atoms with van der Waals surface area (Å²) in [6.45, 7) is 6.69. The third-order valence-electron chi connectivity index (χ3n) is 2.64. The third-order valence-corrected chi connectivity index (χ3v) is 2.64. The average molecular weight is 239 g/mol. The normalized spacial score (nSPS) is 10.1. The van der Waals surface area contributed by atoms with Gasteiger partial charge in [0.25, 0.3) is 0 Å². The van der Waals surface area contributed by atoms with Crippen LogP contribution in [0, 0.1) is 0 Å². The van der Waals surface area contributed by atoms with Crippen LogP contribution in [0.15, 0.2) is 66.7 Å². The first-order valence-corrected chi connectivity index (χ1v) is 5.93. The van der Waals surface area contributed by atoms with Crippen molar-refractivity contribution in [3.05, 3.63) is 66.7 Å². The van der Waals surface area contributed by atoms with Gasteiger partial charge in [-0.05, 0) is 31.2 Å². The fourth-order valence-corrected chi connectivity index (χ4v) is 1.87. The summed E-state index contributed by atoms with van der Waals surface area (Å²) in [5, 5.41) is 9.59. The maximum Gasteiger partial charge on any atom is 0.117 e. The standard InChI is InChI=1S/C16H17NO/c1-13(2)12-17(14-7-4-3-5-8-14)15-9-6-10-16(18)11-15/h3-11,18H,1,12H2,2H3. The molecule has 0 aliphatic heterocycles. The summed E-state index contributed by atoms with van der Waals surface area (Å²) in [5.74, 6) is 0.273. The van der Waals surface area contributed by atoms with Crippen LogP contribution in [0.1, 0.15) is 6.92 Å². The Morgan fingerprint density at radius 1 is 1.06 bits per heavy atom. The number of hydrogen-bond acceptors (Lipinski definition) is 2. The molecule has 0 aliphatic rings. The van der Waals surface area contributed by atoms with Crippen LogP contribution in [-0.2, 0) is 0 Å². The Kier molecular flexibility index (Phi) is 3.68. The number of phenolic OH excluding ortho intramolecular Hbond substituents is 1. The Morgan fingerprint density at radius 2 is 1.72 bits per heavy atom. The van der Waals surface area contributed by atoms with Crippen LogP contribution in [0.2, 0.25) is 0 Å². The highest BCUT2D eigenvalue weighted by Crippen LogP contribution is 2.28. The summed E-state index contributed by atoms with van der Waals surface area (Å²) in [4.78, 5) is 2.13. The molecule has 0 spiro atoms. The molecule has 0 heterocycles. The van der Waals surface area contributed by atoms with Crippen LogP contribution >= 0.6 is 0 Å². The van der Waals surface area contributed by atoms with Crippen molar-refractivity contribution < 1.29 is 5.11 Å². The van der Waals surface area contributed by atoms with E-state index >= 15 is 0 Å². The van der Waals surface area contributed by atoms with Gasteiger partial charge in [-0.1, -0.05) is 36.4 Å². The Labute approximate surface area is 108 Å². The molecule has 1 N–H and O–H groups in total. The van der Waals surface area contributed by atoms with Crippen molar-refractivity contribution in [2.24, 2.45) is 0 Å². The summed E-state index contributed by atoms with van der Waals surface area (Å²) in [7, 11) is 0. The van der Waals surface area contributed by atoms with Gasteiger partial charge >= 0.3 is 0 Å². The van der Waals surface area contributed by atoms with E-state index in [1.54, 1.807) is 12.1 Å². The van der Waals surface area contributed by atoms with Crippen molar-refractivity contribution in [3.63, 3.8) is 0 Å². The Balaban J connectivity index is 2.40. The van der Waals surface area contributed by atoms with E-state index in [1.807, 2.05) is 49.4 Å². The second-order valence-electron chi connectivity index (χ2n) is 4.40. The Morgan fingerprint density at radius 3 is 2.33 bits per heavy atom. The maximum absolute atomic E-state index is 9.59. The molecule has 0 aromatic heterocycles. The molecule has 18 heavy (non-hydrogen) atoms. The number of phenols is 1. The van der Waals surface area contributed by atoms with Crippen LogP contribution in [0.25, 0.3) is 0 Å². The summed E-state index contributed by atoms with van der Waals surface area (Å²) in [6, 6.07) is 17.4. The molecule has 0 radical (unpaired) electrons. The molecule has 0 saturated heterocycles. The van der Waals surface area contributed by atoms with Crippen molar-refractivity contribution in [1.82, 2.24) is 0 Å². The van der Waals surface area contributed by atoms with Gasteiger partial charge in [-0.2, -0.15) is 0 Å². The zero-order valence-corrected chi connectivity index (χ0v) is 10.5. The van der Waals surface area contributed by atoms with Crippen LogP contribution in [0.5, 0.6) is 5.75 Å².